The third-order valence-electron chi connectivity index (χ3n) is 4.66. The molecule has 0 fully saturated rings. The number of pyridine rings is 1. The normalized spacial score (nSPS) is 13.2. The molecule has 13 heteroatoms. The second-order valence-corrected chi connectivity index (χ2v) is 6.76. The maximum atomic E-state index is 14.5. The molecule has 0 atom stereocenters. The highest BCUT2D eigenvalue weighted by Crippen LogP contribution is 2.36. The fourth-order valence-corrected chi connectivity index (χ4v) is 3.19. The average molecular weight is 469 g/mol. The Morgan fingerprint density at radius 3 is 2.12 bits per heavy atom. The number of benzene rings is 2. The molecule has 2 aromatic carbocycles. The van der Waals surface area contributed by atoms with E-state index in [1.54, 1.807) is 0 Å². The van der Waals surface area contributed by atoms with Crippen LogP contribution in [0.5, 0.6) is 11.5 Å². The van der Waals surface area contributed by atoms with E-state index in [1.807, 2.05) is 5.32 Å². The molecular formula is C20H9F6N3O4. The van der Waals surface area contributed by atoms with Crippen LogP contribution in [0.4, 0.5) is 32.2 Å². The predicted molar refractivity (Wildman–Crippen MR) is 99.6 cm³/mol. The number of imide groups is 1. The first-order chi connectivity index (χ1) is 15.4. The predicted octanol–water partition coefficient (Wildman–Crippen LogP) is 3.53. The van der Waals surface area contributed by atoms with Crippen LogP contribution >= 0.6 is 0 Å². The van der Waals surface area contributed by atoms with Crippen LogP contribution in [-0.4, -0.2) is 16.4 Å². The molecule has 7 nitrogen and oxygen atoms in total. The van der Waals surface area contributed by atoms with Crippen LogP contribution < -0.4 is 21.3 Å². The van der Waals surface area contributed by atoms with E-state index < -0.39 is 69.6 Å². The lowest BCUT2D eigenvalue weighted by Crippen LogP contribution is -2.24. The molecule has 1 aliphatic heterocycles. The van der Waals surface area contributed by atoms with E-state index in [0.717, 1.165) is 24.3 Å². The van der Waals surface area contributed by atoms with Crippen molar-refractivity contribution in [1.82, 2.24) is 9.88 Å². The number of nitrogens with one attached hydrogen (secondary N) is 1. The molecule has 0 bridgehead atoms. The zero-order chi connectivity index (χ0) is 24.2. The maximum absolute atomic E-state index is 14.5. The lowest BCUT2D eigenvalue weighted by atomic mass is 10.1. The van der Waals surface area contributed by atoms with Crippen LogP contribution in [0.1, 0.15) is 26.3 Å². The van der Waals surface area contributed by atoms with Gasteiger partial charge in [-0.1, -0.05) is 0 Å². The Morgan fingerprint density at radius 1 is 0.879 bits per heavy atom. The summed E-state index contributed by atoms with van der Waals surface area (Å²) in [6.07, 6.45) is -5.01. The Hall–Kier alpha value is -4.29. The van der Waals surface area contributed by atoms with Crippen molar-refractivity contribution in [2.75, 3.05) is 5.73 Å². The molecule has 2 heterocycles. The summed E-state index contributed by atoms with van der Waals surface area (Å²) >= 11 is 0. The highest BCUT2D eigenvalue weighted by molar-refractivity contribution is 6.23. The third-order valence-corrected chi connectivity index (χ3v) is 4.66. The molecule has 0 aliphatic carbocycles. The molecule has 1 aliphatic rings. The first-order valence-electron chi connectivity index (χ1n) is 8.83. The molecule has 0 saturated heterocycles. The Balaban J connectivity index is 1.81. The van der Waals surface area contributed by atoms with E-state index in [-0.39, 0.29) is 23.3 Å². The monoisotopic (exact) mass is 469 g/mol. The van der Waals surface area contributed by atoms with Crippen LogP contribution in [0.15, 0.2) is 41.2 Å². The average Bonchev–Trinajstić information content (AvgIpc) is 2.99. The molecule has 1 aromatic heterocycles. The Kier molecular flexibility index (Phi) is 4.91. The van der Waals surface area contributed by atoms with Crippen molar-refractivity contribution in [1.29, 1.82) is 0 Å². The van der Waals surface area contributed by atoms with Crippen molar-refractivity contribution in [3.8, 4) is 17.2 Å². The Bertz CT molecular complexity index is 1390. The molecule has 170 valence electrons. The van der Waals surface area contributed by atoms with Gasteiger partial charge in [0.2, 0.25) is 0 Å². The highest BCUT2D eigenvalue weighted by Gasteiger charge is 2.34. The minimum absolute atomic E-state index is 0.0153. The molecule has 4 rings (SSSR count). The first kappa shape index (κ1) is 21.9. The highest BCUT2D eigenvalue weighted by atomic mass is 19.4. The van der Waals surface area contributed by atoms with E-state index >= 15 is 0 Å². The summed E-state index contributed by atoms with van der Waals surface area (Å²) in [4.78, 5) is 36.2. The van der Waals surface area contributed by atoms with Crippen LogP contribution in [-0.2, 0) is 6.18 Å². The number of aromatic nitrogens is 1. The number of amides is 2. The lowest BCUT2D eigenvalue weighted by Gasteiger charge is -2.15. The van der Waals surface area contributed by atoms with Crippen molar-refractivity contribution < 1.29 is 40.7 Å². The van der Waals surface area contributed by atoms with Crippen LogP contribution in [0.2, 0.25) is 0 Å². The quantitative estimate of drug-likeness (QED) is 0.451. The molecule has 0 radical (unpaired) electrons. The van der Waals surface area contributed by atoms with E-state index in [4.69, 9.17) is 10.5 Å². The molecule has 0 saturated carbocycles. The molecular weight excluding hydrogens is 460 g/mol. The van der Waals surface area contributed by atoms with E-state index in [0.29, 0.717) is 4.57 Å². The molecule has 0 unspecified atom stereocenters. The number of anilines is 1. The van der Waals surface area contributed by atoms with Gasteiger partial charge in [0, 0.05) is 12.1 Å². The molecule has 2 amide bonds. The minimum Gasteiger partial charge on any atom is -0.451 e. The number of rotatable bonds is 3. The van der Waals surface area contributed by atoms with Crippen LogP contribution in [0.25, 0.3) is 5.69 Å². The van der Waals surface area contributed by atoms with Gasteiger partial charge >= 0.3 is 6.18 Å². The van der Waals surface area contributed by atoms with Crippen LogP contribution in [0.3, 0.4) is 0 Å². The fourth-order valence-electron chi connectivity index (χ4n) is 3.19. The van der Waals surface area contributed by atoms with E-state index in [9.17, 15) is 40.7 Å². The standard InChI is InChI=1S/C20H9F6N3O4/c21-10-2-1-8(33-16-11(22)3-7(4-12(16)23)20(24,25)26)5-13(10)29-14(30)6-9-15(17(29)27)19(32)28-18(9)31/h1-6H,27H2,(H,28,31,32). The summed E-state index contributed by atoms with van der Waals surface area (Å²) in [5.41, 5.74) is 1.89. The minimum atomic E-state index is -5.01. The summed E-state index contributed by atoms with van der Waals surface area (Å²) < 4.78 is 86.3. The third kappa shape index (κ3) is 3.66. The van der Waals surface area contributed by atoms with Crippen molar-refractivity contribution >= 4 is 17.6 Å². The summed E-state index contributed by atoms with van der Waals surface area (Å²) in [7, 11) is 0. The number of nitrogen functional groups attached to an aromatic ring is 1. The Labute approximate surface area is 179 Å². The van der Waals surface area contributed by atoms with Gasteiger partial charge in [-0.2, -0.15) is 13.2 Å². The largest absolute Gasteiger partial charge is 0.451 e. The number of hydrogen-bond donors (Lipinski definition) is 2. The van der Waals surface area contributed by atoms with Gasteiger partial charge < -0.3 is 10.5 Å². The molecule has 3 aromatic rings. The van der Waals surface area contributed by atoms with Gasteiger partial charge in [-0.05, 0) is 24.3 Å². The topological polar surface area (TPSA) is 103 Å². The first-order valence-corrected chi connectivity index (χ1v) is 8.83. The van der Waals surface area contributed by atoms with Gasteiger partial charge in [0.05, 0.1) is 22.4 Å². The number of halogens is 6. The summed E-state index contributed by atoms with van der Waals surface area (Å²) in [5.74, 6) is -8.52. The number of nitrogens with zero attached hydrogens (tertiary/aromatic N) is 1. The number of alkyl halides is 3. The summed E-state index contributed by atoms with van der Waals surface area (Å²) in [5, 5.41) is 1.92. The maximum Gasteiger partial charge on any atom is 0.416 e. The second kappa shape index (κ2) is 7.39. The van der Waals surface area contributed by atoms with Crippen molar-refractivity contribution in [2.45, 2.75) is 6.18 Å². The number of carbonyl (C=O) groups is 2. The zero-order valence-electron chi connectivity index (χ0n) is 15.9. The molecule has 3 N–H and O–H groups in total. The van der Waals surface area contributed by atoms with Gasteiger partial charge in [0.25, 0.3) is 17.4 Å². The molecule has 33 heavy (non-hydrogen) atoms. The Morgan fingerprint density at radius 2 is 1.52 bits per heavy atom. The number of hydrogen-bond acceptors (Lipinski definition) is 5. The number of nitrogens with two attached hydrogens (primary N) is 1. The van der Waals surface area contributed by atoms with Gasteiger partial charge in [-0.25, -0.2) is 13.2 Å². The van der Waals surface area contributed by atoms with Crippen LogP contribution in [0, 0.1) is 17.5 Å². The smallest absolute Gasteiger partial charge is 0.416 e. The van der Waals surface area contributed by atoms with Crippen molar-refractivity contribution in [3.63, 3.8) is 0 Å². The number of fused-ring (bicyclic) bond motifs is 1. The van der Waals surface area contributed by atoms with Gasteiger partial charge in [0.1, 0.15) is 17.4 Å². The van der Waals surface area contributed by atoms with Crippen molar-refractivity contribution in [2.24, 2.45) is 0 Å². The summed E-state index contributed by atoms with van der Waals surface area (Å²) in [6.45, 7) is 0. The SMILES string of the molecule is Nc1c2c(cc(=O)n1-c1cc(Oc3c(F)cc(C(F)(F)F)cc3F)ccc1F)C(=O)NC2=O. The lowest BCUT2D eigenvalue weighted by molar-refractivity contribution is -0.138. The number of ether oxygens (including phenoxy) is 1. The number of carbonyl (C=O) groups excluding carboxylic acids is 2. The second-order valence-electron chi connectivity index (χ2n) is 6.76. The van der Waals surface area contributed by atoms with E-state index in [2.05, 4.69) is 0 Å². The van der Waals surface area contributed by atoms with E-state index in [1.165, 1.54) is 0 Å². The van der Waals surface area contributed by atoms with Gasteiger partial charge in [-0.15, -0.1) is 0 Å². The zero-order valence-corrected chi connectivity index (χ0v) is 15.9. The summed E-state index contributed by atoms with van der Waals surface area (Å²) in [6, 6.07) is 3.18. The molecule has 0 spiro atoms. The van der Waals surface area contributed by atoms with Crippen molar-refractivity contribution in [3.05, 3.63) is 80.9 Å². The van der Waals surface area contributed by atoms with Gasteiger partial charge in [0.15, 0.2) is 17.4 Å². The van der Waals surface area contributed by atoms with Gasteiger partial charge in [-0.3, -0.25) is 24.3 Å². The fraction of sp³-hybridized carbons (Fsp3) is 0.0500.